The number of sulfonamides is 1. The minimum Gasteiger partial charge on any atom is -0.360 e. The van der Waals surface area contributed by atoms with E-state index in [9.17, 15) is 26.4 Å². The molecular weight excluding hydrogens is 387 g/mol. The molecule has 0 aromatic carbocycles. The van der Waals surface area contributed by atoms with Crippen molar-refractivity contribution in [1.29, 1.82) is 0 Å². The summed E-state index contributed by atoms with van der Waals surface area (Å²) < 4.78 is 70.2. The van der Waals surface area contributed by atoms with Crippen LogP contribution in [-0.2, 0) is 14.8 Å². The second-order valence-electron chi connectivity index (χ2n) is 6.73. The van der Waals surface area contributed by atoms with E-state index in [1.807, 2.05) is 0 Å². The van der Waals surface area contributed by atoms with Crippen LogP contribution >= 0.6 is 0 Å². The second-order valence-corrected chi connectivity index (χ2v) is 8.61. The summed E-state index contributed by atoms with van der Waals surface area (Å²) in [5.41, 5.74) is 0.214. The fourth-order valence-corrected chi connectivity index (χ4v) is 5.16. The summed E-state index contributed by atoms with van der Waals surface area (Å²) in [7, 11) is -3.94. The van der Waals surface area contributed by atoms with E-state index < -0.39 is 34.6 Å². The summed E-state index contributed by atoms with van der Waals surface area (Å²) in [6.45, 7) is 3.37. The zero-order chi connectivity index (χ0) is 20.4. The number of aromatic nitrogens is 1. The first-order valence-corrected chi connectivity index (χ1v) is 10.2. The summed E-state index contributed by atoms with van der Waals surface area (Å²) in [6, 6.07) is 0. The highest BCUT2D eigenvalue weighted by atomic mass is 32.2. The molecule has 11 heteroatoms. The van der Waals surface area contributed by atoms with Crippen LogP contribution in [0.4, 0.5) is 13.2 Å². The minimum absolute atomic E-state index is 0.0224. The lowest BCUT2D eigenvalue weighted by Crippen LogP contribution is -2.49. The number of halogens is 3. The number of nitrogens with zero attached hydrogens (tertiary/aromatic N) is 3. The maximum Gasteiger partial charge on any atom is 0.406 e. The molecule has 0 N–H and O–H groups in total. The molecule has 154 valence electrons. The van der Waals surface area contributed by atoms with Crippen molar-refractivity contribution in [2.24, 2.45) is 5.92 Å². The summed E-state index contributed by atoms with van der Waals surface area (Å²) >= 11 is 0. The molecule has 1 atom stereocenters. The third kappa shape index (κ3) is 5.01. The molecule has 0 aliphatic carbocycles. The van der Waals surface area contributed by atoms with Gasteiger partial charge in [0.1, 0.15) is 17.1 Å². The van der Waals surface area contributed by atoms with Gasteiger partial charge in [-0.2, -0.15) is 17.5 Å². The number of hydrogen-bond acceptors (Lipinski definition) is 5. The van der Waals surface area contributed by atoms with Crippen LogP contribution in [0.1, 0.15) is 37.6 Å². The van der Waals surface area contributed by atoms with E-state index in [1.54, 1.807) is 6.92 Å². The Kier molecular flexibility index (Phi) is 6.56. The summed E-state index contributed by atoms with van der Waals surface area (Å²) in [5.74, 6) is -1.32. The van der Waals surface area contributed by atoms with Gasteiger partial charge in [0, 0.05) is 19.6 Å². The van der Waals surface area contributed by atoms with Gasteiger partial charge < -0.3 is 9.42 Å². The quantitative estimate of drug-likeness (QED) is 0.718. The molecule has 1 saturated heterocycles. The normalized spacial score (nSPS) is 19.3. The first-order valence-electron chi connectivity index (χ1n) is 8.76. The Morgan fingerprint density at radius 1 is 1.37 bits per heavy atom. The zero-order valence-electron chi connectivity index (χ0n) is 15.5. The van der Waals surface area contributed by atoms with E-state index in [4.69, 9.17) is 4.52 Å². The molecule has 1 amide bonds. The largest absolute Gasteiger partial charge is 0.406 e. The van der Waals surface area contributed by atoms with Crippen molar-refractivity contribution in [2.45, 2.75) is 51.1 Å². The Morgan fingerprint density at radius 3 is 2.56 bits per heavy atom. The number of piperidine rings is 1. The third-order valence-electron chi connectivity index (χ3n) is 4.47. The van der Waals surface area contributed by atoms with Crippen molar-refractivity contribution in [3.05, 3.63) is 11.5 Å². The highest BCUT2D eigenvalue weighted by Gasteiger charge is 2.40. The molecule has 1 aliphatic rings. The molecule has 0 bridgehead atoms. The second kappa shape index (κ2) is 8.17. The standard InChI is InChI=1S/C16H24F3N3O4S/c1-4-7-21(10-16(17,18)19)15(23)13-6-5-8-22(9-13)27(24,25)14-11(2)20-26-12(14)3/h13H,4-10H2,1-3H3. The van der Waals surface area contributed by atoms with E-state index in [1.165, 1.54) is 13.8 Å². The van der Waals surface area contributed by atoms with Crippen LogP contribution in [0.3, 0.4) is 0 Å². The Labute approximate surface area is 156 Å². The van der Waals surface area contributed by atoms with Gasteiger partial charge in [-0.25, -0.2) is 8.42 Å². The van der Waals surface area contributed by atoms with Crippen LogP contribution in [0, 0.1) is 19.8 Å². The Morgan fingerprint density at radius 2 is 2.04 bits per heavy atom. The van der Waals surface area contributed by atoms with Crippen molar-refractivity contribution in [2.75, 3.05) is 26.2 Å². The molecule has 1 unspecified atom stereocenters. The Hall–Kier alpha value is -1.62. The molecule has 0 radical (unpaired) electrons. The van der Waals surface area contributed by atoms with Crippen molar-refractivity contribution < 1.29 is 30.9 Å². The molecule has 1 aromatic rings. The van der Waals surface area contributed by atoms with Crippen molar-refractivity contribution in [3.8, 4) is 0 Å². The van der Waals surface area contributed by atoms with E-state index in [0.717, 1.165) is 9.21 Å². The van der Waals surface area contributed by atoms with Crippen molar-refractivity contribution >= 4 is 15.9 Å². The highest BCUT2D eigenvalue weighted by Crippen LogP contribution is 2.29. The number of carbonyl (C=O) groups is 1. The molecule has 2 heterocycles. The van der Waals surface area contributed by atoms with Gasteiger partial charge in [0.2, 0.25) is 15.9 Å². The van der Waals surface area contributed by atoms with Gasteiger partial charge in [0.05, 0.1) is 5.92 Å². The van der Waals surface area contributed by atoms with E-state index in [2.05, 4.69) is 5.16 Å². The third-order valence-corrected chi connectivity index (χ3v) is 6.58. The summed E-state index contributed by atoms with van der Waals surface area (Å²) in [6.07, 6.45) is -3.37. The van der Waals surface area contributed by atoms with Gasteiger partial charge in [-0.1, -0.05) is 12.1 Å². The average molecular weight is 411 g/mol. The molecule has 1 aromatic heterocycles. The molecule has 7 nitrogen and oxygen atoms in total. The predicted octanol–water partition coefficient (Wildman–Crippen LogP) is 2.49. The zero-order valence-corrected chi connectivity index (χ0v) is 16.4. The first-order chi connectivity index (χ1) is 12.5. The maximum absolute atomic E-state index is 12.9. The predicted molar refractivity (Wildman–Crippen MR) is 90.4 cm³/mol. The van der Waals surface area contributed by atoms with Gasteiger partial charge in [-0.05, 0) is 33.1 Å². The van der Waals surface area contributed by atoms with Crippen molar-refractivity contribution in [1.82, 2.24) is 14.4 Å². The van der Waals surface area contributed by atoms with E-state index in [0.29, 0.717) is 19.3 Å². The minimum atomic E-state index is -4.50. The van der Waals surface area contributed by atoms with Crippen LogP contribution in [0.5, 0.6) is 0 Å². The first kappa shape index (κ1) is 21.7. The molecular formula is C16H24F3N3O4S. The van der Waals surface area contributed by atoms with Gasteiger partial charge in [0.25, 0.3) is 0 Å². The number of rotatable bonds is 6. The topological polar surface area (TPSA) is 83.7 Å². The average Bonchev–Trinajstić information content (AvgIpc) is 2.92. The highest BCUT2D eigenvalue weighted by molar-refractivity contribution is 7.89. The van der Waals surface area contributed by atoms with Gasteiger partial charge in [-0.15, -0.1) is 0 Å². The van der Waals surface area contributed by atoms with Crippen molar-refractivity contribution in [3.63, 3.8) is 0 Å². The maximum atomic E-state index is 12.9. The molecule has 2 rings (SSSR count). The van der Waals surface area contributed by atoms with E-state index in [-0.39, 0.29) is 36.0 Å². The summed E-state index contributed by atoms with van der Waals surface area (Å²) in [4.78, 5) is 13.4. The number of alkyl halides is 3. The van der Waals surface area contributed by atoms with Gasteiger partial charge in [0.15, 0.2) is 5.76 Å². The van der Waals surface area contributed by atoms with Gasteiger partial charge in [-0.3, -0.25) is 4.79 Å². The molecule has 0 saturated carbocycles. The van der Waals surface area contributed by atoms with Crippen LogP contribution in [0.25, 0.3) is 0 Å². The lowest BCUT2D eigenvalue weighted by atomic mass is 9.98. The molecule has 1 fully saturated rings. The number of amides is 1. The molecule has 27 heavy (non-hydrogen) atoms. The number of hydrogen-bond donors (Lipinski definition) is 0. The van der Waals surface area contributed by atoms with Crippen LogP contribution < -0.4 is 0 Å². The number of carbonyl (C=O) groups excluding carboxylic acids is 1. The smallest absolute Gasteiger partial charge is 0.360 e. The van der Waals surface area contributed by atoms with Crippen LogP contribution in [0.15, 0.2) is 9.42 Å². The fourth-order valence-electron chi connectivity index (χ4n) is 3.35. The number of aryl methyl sites for hydroxylation is 2. The van der Waals surface area contributed by atoms with E-state index >= 15 is 0 Å². The summed E-state index contributed by atoms with van der Waals surface area (Å²) in [5, 5.41) is 3.64. The molecule has 0 spiro atoms. The fraction of sp³-hybridized carbons (Fsp3) is 0.750. The van der Waals surface area contributed by atoms with Crippen LogP contribution in [-0.4, -0.2) is 61.0 Å². The molecule has 1 aliphatic heterocycles. The lowest BCUT2D eigenvalue weighted by molar-refractivity contribution is -0.164. The Bertz CT molecular complexity index is 757. The lowest BCUT2D eigenvalue weighted by Gasteiger charge is -2.34. The monoisotopic (exact) mass is 411 g/mol. The SMILES string of the molecule is CCCN(CC(F)(F)F)C(=O)C1CCCN(S(=O)(=O)c2c(C)noc2C)C1. The van der Waals surface area contributed by atoms with Crippen LogP contribution in [0.2, 0.25) is 0 Å². The van der Waals surface area contributed by atoms with Gasteiger partial charge >= 0.3 is 6.18 Å². The Balaban J connectivity index is 2.20.